The van der Waals surface area contributed by atoms with Gasteiger partial charge in [0.2, 0.25) is 0 Å². The first-order chi connectivity index (χ1) is 17.0. The van der Waals surface area contributed by atoms with Crippen LogP contribution in [0.3, 0.4) is 0 Å². The van der Waals surface area contributed by atoms with Crippen LogP contribution in [0.15, 0.2) is 49.1 Å². The van der Waals surface area contributed by atoms with Crippen molar-refractivity contribution in [3.8, 4) is 11.3 Å². The Bertz CT molecular complexity index is 960. The van der Waals surface area contributed by atoms with Crippen LogP contribution in [-0.2, 0) is 20.8 Å². The number of alkyl halides is 2. The second-order valence-corrected chi connectivity index (χ2v) is 6.82. The molecule has 4 N–H and O–H groups in total. The van der Waals surface area contributed by atoms with Gasteiger partial charge in [0.15, 0.2) is 0 Å². The first-order valence-electron chi connectivity index (χ1n) is 10.7. The number of aliphatic hydroxyl groups excluding tert-OH is 1. The number of benzene rings is 1. The molecule has 0 amide bonds. The maximum atomic E-state index is 13.0. The molecule has 192 valence electrons. The summed E-state index contributed by atoms with van der Waals surface area (Å²) in [4.78, 5) is 8.51. The van der Waals surface area contributed by atoms with Crippen molar-refractivity contribution in [2.45, 2.75) is 13.2 Å². The fourth-order valence-electron chi connectivity index (χ4n) is 2.67. The lowest BCUT2D eigenvalue weighted by atomic mass is 10.2. The minimum Gasteiger partial charge on any atom is -0.378 e. The van der Waals surface area contributed by atoms with E-state index in [9.17, 15) is 13.2 Å². The maximum Gasteiger partial charge on any atom is 0.342 e. The van der Waals surface area contributed by atoms with E-state index in [-0.39, 0.29) is 5.82 Å². The maximum absolute atomic E-state index is 13.0. The summed E-state index contributed by atoms with van der Waals surface area (Å²) in [5.41, 5.74) is 7.67. The van der Waals surface area contributed by atoms with Crippen LogP contribution in [0.4, 0.5) is 24.7 Å². The SMILES string of the molecule is NCCOCCOCCOCCn1cc(-c2cc(Nc3ccc(F)cc3)ncn2)cn1.OC(F)F. The molecule has 0 radical (unpaired) electrons. The molecule has 35 heavy (non-hydrogen) atoms. The number of aliphatic hydroxyl groups is 1. The molecule has 0 saturated heterocycles. The Labute approximate surface area is 200 Å². The molecule has 13 heteroatoms. The van der Waals surface area contributed by atoms with Crippen LogP contribution < -0.4 is 11.1 Å². The van der Waals surface area contributed by atoms with Crippen molar-refractivity contribution in [2.75, 3.05) is 51.5 Å². The molecule has 0 bridgehead atoms. The summed E-state index contributed by atoms with van der Waals surface area (Å²) in [6, 6.07) is 7.89. The third kappa shape index (κ3) is 12.2. The number of nitrogens with zero attached hydrogens (tertiary/aromatic N) is 4. The van der Waals surface area contributed by atoms with Gasteiger partial charge < -0.3 is 30.4 Å². The van der Waals surface area contributed by atoms with E-state index in [2.05, 4.69) is 20.4 Å². The highest BCUT2D eigenvalue weighted by Crippen LogP contribution is 2.20. The average molecular weight is 499 g/mol. The van der Waals surface area contributed by atoms with Crippen LogP contribution in [0.2, 0.25) is 0 Å². The van der Waals surface area contributed by atoms with E-state index < -0.39 is 6.61 Å². The fraction of sp³-hybridized carbons (Fsp3) is 0.409. The zero-order valence-corrected chi connectivity index (χ0v) is 19.0. The van der Waals surface area contributed by atoms with Gasteiger partial charge in [-0.1, -0.05) is 0 Å². The van der Waals surface area contributed by atoms with Gasteiger partial charge in [-0.05, 0) is 24.3 Å². The first-order valence-corrected chi connectivity index (χ1v) is 10.7. The zero-order chi connectivity index (χ0) is 25.3. The van der Waals surface area contributed by atoms with Crippen molar-refractivity contribution in [3.63, 3.8) is 0 Å². The Kier molecular flexibility index (Phi) is 13.3. The summed E-state index contributed by atoms with van der Waals surface area (Å²) in [5, 5.41) is 14.2. The molecule has 0 aliphatic carbocycles. The molecule has 0 saturated carbocycles. The lowest BCUT2D eigenvalue weighted by Gasteiger charge is -2.07. The van der Waals surface area contributed by atoms with Gasteiger partial charge in [-0.2, -0.15) is 13.9 Å². The summed E-state index contributed by atoms with van der Waals surface area (Å²) in [5.74, 6) is 0.326. The Morgan fingerprint density at radius 3 is 2.26 bits per heavy atom. The number of nitrogens with two attached hydrogens (primary N) is 1. The summed E-state index contributed by atoms with van der Waals surface area (Å²) < 4.78 is 50.8. The van der Waals surface area contributed by atoms with Gasteiger partial charge in [0, 0.05) is 30.1 Å². The van der Waals surface area contributed by atoms with Crippen LogP contribution in [0.1, 0.15) is 0 Å². The van der Waals surface area contributed by atoms with Gasteiger partial charge in [0.1, 0.15) is 18.0 Å². The Morgan fingerprint density at radius 1 is 0.971 bits per heavy atom. The quantitative estimate of drug-likeness (QED) is 0.287. The molecular formula is C22H29F3N6O4. The minimum atomic E-state index is -3.17. The highest BCUT2D eigenvalue weighted by atomic mass is 19.3. The highest BCUT2D eigenvalue weighted by molar-refractivity contribution is 5.64. The van der Waals surface area contributed by atoms with Crippen molar-refractivity contribution in [1.82, 2.24) is 19.7 Å². The molecule has 0 aliphatic rings. The van der Waals surface area contributed by atoms with Crippen LogP contribution in [0.25, 0.3) is 11.3 Å². The molecule has 1 aromatic carbocycles. The van der Waals surface area contributed by atoms with Crippen LogP contribution in [0, 0.1) is 5.82 Å². The van der Waals surface area contributed by atoms with Crippen LogP contribution >= 0.6 is 0 Å². The molecule has 0 atom stereocenters. The van der Waals surface area contributed by atoms with Gasteiger partial charge >= 0.3 is 6.61 Å². The summed E-state index contributed by atoms with van der Waals surface area (Å²) in [6.07, 6.45) is 5.12. The number of ether oxygens (including phenoxy) is 3. The molecule has 0 unspecified atom stereocenters. The second-order valence-electron chi connectivity index (χ2n) is 6.82. The smallest absolute Gasteiger partial charge is 0.342 e. The third-order valence-electron chi connectivity index (χ3n) is 4.18. The molecule has 10 nitrogen and oxygen atoms in total. The predicted octanol–water partition coefficient (Wildman–Crippen LogP) is 2.43. The molecule has 3 rings (SSSR count). The van der Waals surface area contributed by atoms with Crippen molar-refractivity contribution in [1.29, 1.82) is 0 Å². The number of anilines is 2. The van der Waals surface area contributed by atoms with Gasteiger partial charge in [0.25, 0.3) is 0 Å². The van der Waals surface area contributed by atoms with E-state index in [1.165, 1.54) is 18.5 Å². The first kappa shape index (κ1) is 28.1. The van der Waals surface area contributed by atoms with Crippen molar-refractivity contribution < 1.29 is 32.5 Å². The third-order valence-corrected chi connectivity index (χ3v) is 4.18. The topological polar surface area (TPSA) is 130 Å². The standard InChI is InChI=1S/C21H27FN6O3.CH2F2O/c22-18-1-3-19(4-2-18)27-21-13-20(24-16-25-21)17-14-26-28(15-17)6-8-30-10-12-31-11-9-29-7-5-23;2-1(3)4/h1-4,13-16H,5-12,23H2,(H,24,25,27);1,4H. The van der Waals surface area contributed by atoms with E-state index in [1.807, 2.05) is 12.3 Å². The molecule has 2 aromatic heterocycles. The number of nitrogens with one attached hydrogen (secondary N) is 1. The van der Waals surface area contributed by atoms with Gasteiger partial charge in [-0.15, -0.1) is 0 Å². The fourth-order valence-corrected chi connectivity index (χ4v) is 2.67. The summed E-state index contributed by atoms with van der Waals surface area (Å²) >= 11 is 0. The van der Waals surface area contributed by atoms with Crippen LogP contribution in [-0.4, -0.2) is 77.7 Å². The molecular weight excluding hydrogens is 469 g/mol. The monoisotopic (exact) mass is 498 g/mol. The number of hydrogen-bond donors (Lipinski definition) is 3. The summed E-state index contributed by atoms with van der Waals surface area (Å²) in [7, 11) is 0. The molecule has 2 heterocycles. The van der Waals surface area contributed by atoms with E-state index in [4.69, 9.17) is 25.1 Å². The van der Waals surface area contributed by atoms with Gasteiger partial charge in [0.05, 0.1) is 58.1 Å². The number of rotatable bonds is 14. The number of halogens is 3. The van der Waals surface area contributed by atoms with E-state index >= 15 is 0 Å². The highest BCUT2D eigenvalue weighted by Gasteiger charge is 2.06. The van der Waals surface area contributed by atoms with E-state index in [0.29, 0.717) is 58.5 Å². The molecule has 0 spiro atoms. The predicted molar refractivity (Wildman–Crippen MR) is 123 cm³/mol. The normalized spacial score (nSPS) is 10.8. The average Bonchev–Trinajstić information content (AvgIpc) is 3.31. The lowest BCUT2D eigenvalue weighted by Crippen LogP contribution is -2.14. The minimum absolute atomic E-state index is 0.286. The van der Waals surface area contributed by atoms with Crippen molar-refractivity contribution in [2.24, 2.45) is 5.73 Å². The van der Waals surface area contributed by atoms with Gasteiger partial charge in [-0.25, -0.2) is 14.4 Å². The van der Waals surface area contributed by atoms with Gasteiger partial charge in [-0.3, -0.25) is 4.68 Å². The summed E-state index contributed by atoms with van der Waals surface area (Å²) in [6.45, 7) is 1.13. The number of hydrogen-bond acceptors (Lipinski definition) is 9. The second kappa shape index (κ2) is 16.5. The Morgan fingerprint density at radius 2 is 1.60 bits per heavy atom. The van der Waals surface area contributed by atoms with Crippen LogP contribution in [0.5, 0.6) is 0 Å². The lowest BCUT2D eigenvalue weighted by molar-refractivity contribution is -0.0728. The van der Waals surface area contributed by atoms with Crippen molar-refractivity contribution >= 4 is 11.5 Å². The van der Waals surface area contributed by atoms with Crippen molar-refractivity contribution in [3.05, 3.63) is 54.9 Å². The van der Waals surface area contributed by atoms with E-state index in [1.54, 1.807) is 23.0 Å². The Hall–Kier alpha value is -3.10. The van der Waals surface area contributed by atoms with E-state index in [0.717, 1.165) is 16.9 Å². The largest absolute Gasteiger partial charge is 0.378 e. The number of aromatic nitrogens is 4. The molecule has 3 aromatic rings. The Balaban J connectivity index is 0.00000100. The molecule has 0 fully saturated rings. The molecule has 0 aliphatic heterocycles. The zero-order valence-electron chi connectivity index (χ0n) is 19.0.